The number of benzene rings is 3. The highest BCUT2D eigenvalue weighted by Crippen LogP contribution is 2.28. The maximum atomic E-state index is 9.60. The third-order valence-corrected chi connectivity index (χ3v) is 3.53. The summed E-state index contributed by atoms with van der Waals surface area (Å²) >= 11 is 0. The van der Waals surface area contributed by atoms with E-state index in [1.165, 1.54) is 6.07 Å². The molecule has 0 aromatic heterocycles. The second-order valence-electron chi connectivity index (χ2n) is 5.15. The van der Waals surface area contributed by atoms with Crippen LogP contribution in [0.25, 0.3) is 11.1 Å². The Morgan fingerprint density at radius 2 is 1.65 bits per heavy atom. The predicted molar refractivity (Wildman–Crippen MR) is 89.0 cm³/mol. The predicted octanol–water partition coefficient (Wildman–Crippen LogP) is 4.51. The minimum absolute atomic E-state index is 0.00673. The Balaban J connectivity index is 1.81. The first-order valence-electron chi connectivity index (χ1n) is 7.26. The fourth-order valence-electron chi connectivity index (χ4n) is 2.31. The molecule has 3 heteroatoms. The average Bonchev–Trinajstić information content (AvgIpc) is 2.61. The first-order chi connectivity index (χ1) is 11.3. The Morgan fingerprint density at radius 1 is 0.870 bits per heavy atom. The summed E-state index contributed by atoms with van der Waals surface area (Å²) in [6.07, 6.45) is 0. The van der Waals surface area contributed by atoms with Gasteiger partial charge in [0.1, 0.15) is 24.2 Å². The highest BCUT2D eigenvalue weighted by atomic mass is 16.5. The molecule has 0 bridgehead atoms. The van der Waals surface area contributed by atoms with Crippen LogP contribution in [0.4, 0.5) is 0 Å². The molecule has 0 atom stereocenters. The minimum Gasteiger partial charge on any atom is -0.507 e. The molecule has 112 valence electrons. The lowest BCUT2D eigenvalue weighted by Gasteiger charge is -2.09. The van der Waals surface area contributed by atoms with Crippen LogP contribution in [0.1, 0.15) is 11.1 Å². The van der Waals surface area contributed by atoms with Crippen LogP contribution < -0.4 is 4.74 Å². The molecular formula is C20H15NO2. The average molecular weight is 301 g/mol. The lowest BCUT2D eigenvalue weighted by molar-refractivity contribution is 0.306. The Labute approximate surface area is 135 Å². The molecule has 0 heterocycles. The van der Waals surface area contributed by atoms with E-state index in [2.05, 4.69) is 0 Å². The molecule has 0 amide bonds. The van der Waals surface area contributed by atoms with Crippen molar-refractivity contribution in [2.24, 2.45) is 0 Å². The standard InChI is InChI=1S/C20H15NO2/c21-13-18-11-17(9-10-20(18)22)16-7-4-8-19(12-16)23-14-15-5-2-1-3-6-15/h1-12,22H,14H2. The normalized spacial score (nSPS) is 10.0. The van der Waals surface area contributed by atoms with Crippen LogP contribution in [-0.4, -0.2) is 5.11 Å². The van der Waals surface area contributed by atoms with Crippen molar-refractivity contribution < 1.29 is 9.84 Å². The molecule has 0 saturated heterocycles. The summed E-state index contributed by atoms with van der Waals surface area (Å²) in [7, 11) is 0. The maximum absolute atomic E-state index is 9.60. The molecule has 0 aliphatic rings. The van der Waals surface area contributed by atoms with Crippen molar-refractivity contribution in [2.45, 2.75) is 6.61 Å². The maximum Gasteiger partial charge on any atom is 0.133 e. The van der Waals surface area contributed by atoms with Crippen LogP contribution in [0, 0.1) is 11.3 Å². The SMILES string of the molecule is N#Cc1cc(-c2cccc(OCc3ccccc3)c2)ccc1O. The van der Waals surface area contributed by atoms with E-state index < -0.39 is 0 Å². The van der Waals surface area contributed by atoms with Crippen molar-refractivity contribution in [3.63, 3.8) is 0 Å². The summed E-state index contributed by atoms with van der Waals surface area (Å²) in [6, 6.07) is 24.6. The number of phenolic OH excluding ortho intramolecular Hbond substituents is 1. The number of phenols is 1. The molecule has 3 rings (SSSR count). The molecule has 3 aromatic rings. The van der Waals surface area contributed by atoms with Gasteiger partial charge in [0.2, 0.25) is 0 Å². The van der Waals surface area contributed by atoms with Gasteiger partial charge in [-0.3, -0.25) is 0 Å². The zero-order valence-corrected chi connectivity index (χ0v) is 12.4. The van der Waals surface area contributed by atoms with E-state index in [-0.39, 0.29) is 11.3 Å². The number of nitriles is 1. The summed E-state index contributed by atoms with van der Waals surface area (Å²) in [5, 5.41) is 18.6. The molecule has 0 radical (unpaired) electrons. The topological polar surface area (TPSA) is 53.2 Å². The van der Waals surface area contributed by atoms with Gasteiger partial charge >= 0.3 is 0 Å². The highest BCUT2D eigenvalue weighted by molar-refractivity contribution is 5.68. The Kier molecular flexibility index (Phi) is 4.26. The molecule has 0 spiro atoms. The summed E-state index contributed by atoms with van der Waals surface area (Å²) < 4.78 is 5.82. The van der Waals surface area contributed by atoms with Crippen LogP contribution in [0.2, 0.25) is 0 Å². The van der Waals surface area contributed by atoms with E-state index >= 15 is 0 Å². The molecule has 0 aliphatic heterocycles. The van der Waals surface area contributed by atoms with E-state index in [1.807, 2.05) is 60.7 Å². The number of rotatable bonds is 4. The minimum atomic E-state index is -0.00673. The smallest absolute Gasteiger partial charge is 0.133 e. The highest BCUT2D eigenvalue weighted by Gasteiger charge is 2.05. The largest absolute Gasteiger partial charge is 0.507 e. The molecule has 0 fully saturated rings. The summed E-state index contributed by atoms with van der Waals surface area (Å²) in [6.45, 7) is 0.503. The van der Waals surface area contributed by atoms with Gasteiger partial charge in [-0.25, -0.2) is 0 Å². The fraction of sp³-hybridized carbons (Fsp3) is 0.0500. The van der Waals surface area contributed by atoms with E-state index in [4.69, 9.17) is 10.00 Å². The van der Waals surface area contributed by atoms with Crippen molar-refractivity contribution in [3.8, 4) is 28.7 Å². The van der Waals surface area contributed by atoms with Gasteiger partial charge in [-0.1, -0.05) is 48.5 Å². The van der Waals surface area contributed by atoms with Crippen LogP contribution in [0.3, 0.4) is 0 Å². The third-order valence-electron chi connectivity index (χ3n) is 3.53. The second-order valence-corrected chi connectivity index (χ2v) is 5.15. The van der Waals surface area contributed by atoms with Crippen LogP contribution >= 0.6 is 0 Å². The van der Waals surface area contributed by atoms with Crippen molar-refractivity contribution in [3.05, 3.63) is 83.9 Å². The van der Waals surface area contributed by atoms with Gasteiger partial charge in [0.05, 0.1) is 5.56 Å². The lowest BCUT2D eigenvalue weighted by atomic mass is 10.0. The summed E-state index contributed by atoms with van der Waals surface area (Å²) in [5.74, 6) is 0.755. The zero-order chi connectivity index (χ0) is 16.1. The van der Waals surface area contributed by atoms with Crippen molar-refractivity contribution in [1.29, 1.82) is 5.26 Å². The number of ether oxygens (including phenoxy) is 1. The molecule has 0 saturated carbocycles. The molecule has 3 nitrogen and oxygen atoms in total. The summed E-state index contributed by atoms with van der Waals surface area (Å²) in [4.78, 5) is 0. The number of aromatic hydroxyl groups is 1. The first-order valence-corrected chi connectivity index (χ1v) is 7.26. The van der Waals surface area contributed by atoms with E-state index in [0.29, 0.717) is 6.61 Å². The second kappa shape index (κ2) is 6.67. The van der Waals surface area contributed by atoms with E-state index in [1.54, 1.807) is 12.1 Å². The van der Waals surface area contributed by atoms with E-state index in [0.717, 1.165) is 22.4 Å². The van der Waals surface area contributed by atoms with Crippen LogP contribution in [-0.2, 0) is 6.61 Å². The monoisotopic (exact) mass is 301 g/mol. The fourth-order valence-corrected chi connectivity index (χ4v) is 2.31. The molecule has 23 heavy (non-hydrogen) atoms. The van der Waals surface area contributed by atoms with Gasteiger partial charge in [0, 0.05) is 0 Å². The molecule has 0 unspecified atom stereocenters. The van der Waals surface area contributed by atoms with Gasteiger partial charge < -0.3 is 9.84 Å². The van der Waals surface area contributed by atoms with Gasteiger partial charge in [0.15, 0.2) is 0 Å². The zero-order valence-electron chi connectivity index (χ0n) is 12.4. The molecule has 1 N–H and O–H groups in total. The van der Waals surface area contributed by atoms with Gasteiger partial charge in [-0.2, -0.15) is 5.26 Å². The quantitative estimate of drug-likeness (QED) is 0.771. The van der Waals surface area contributed by atoms with Crippen molar-refractivity contribution in [2.75, 3.05) is 0 Å². The third kappa shape index (κ3) is 3.50. The van der Waals surface area contributed by atoms with Gasteiger partial charge in [-0.15, -0.1) is 0 Å². The van der Waals surface area contributed by atoms with Crippen LogP contribution in [0.5, 0.6) is 11.5 Å². The number of hydrogen-bond donors (Lipinski definition) is 1. The van der Waals surface area contributed by atoms with Crippen molar-refractivity contribution in [1.82, 2.24) is 0 Å². The Morgan fingerprint density at radius 3 is 2.43 bits per heavy atom. The number of hydrogen-bond acceptors (Lipinski definition) is 3. The molecule has 3 aromatic carbocycles. The van der Waals surface area contributed by atoms with Crippen molar-refractivity contribution >= 4 is 0 Å². The first kappa shape index (κ1) is 14.7. The lowest BCUT2D eigenvalue weighted by Crippen LogP contribution is -1.95. The van der Waals surface area contributed by atoms with Gasteiger partial charge in [0.25, 0.3) is 0 Å². The molecular weight excluding hydrogens is 286 g/mol. The van der Waals surface area contributed by atoms with Crippen LogP contribution in [0.15, 0.2) is 72.8 Å². The van der Waals surface area contributed by atoms with Gasteiger partial charge in [-0.05, 0) is 41.0 Å². The Bertz CT molecular complexity index is 851. The summed E-state index contributed by atoms with van der Waals surface area (Å²) in [5.41, 5.74) is 3.17. The number of nitrogens with zero attached hydrogens (tertiary/aromatic N) is 1. The molecule has 0 aliphatic carbocycles. The Hall–Kier alpha value is -3.25. The van der Waals surface area contributed by atoms with E-state index in [9.17, 15) is 5.11 Å².